The van der Waals surface area contributed by atoms with Crippen molar-refractivity contribution in [2.45, 2.75) is 13.5 Å². The molecular formula is C13H22N6O2. The number of carbonyl (C=O) groups excluding carboxylic acids is 2. The Morgan fingerprint density at radius 1 is 1.29 bits per heavy atom. The minimum absolute atomic E-state index is 0.0239. The highest BCUT2D eigenvalue weighted by atomic mass is 16.2. The number of likely N-dealkylation sites (N-methyl/N-ethyl adjacent to an activating group) is 1. The smallest absolute Gasteiger partial charge is 0.244 e. The van der Waals surface area contributed by atoms with Crippen LogP contribution in [-0.4, -0.2) is 70.7 Å². The van der Waals surface area contributed by atoms with Gasteiger partial charge < -0.3 is 16.0 Å². The zero-order valence-electron chi connectivity index (χ0n) is 12.3. The molecule has 8 nitrogen and oxygen atoms in total. The Bertz CT molecular complexity index is 493. The van der Waals surface area contributed by atoms with Crippen molar-refractivity contribution in [1.82, 2.24) is 24.9 Å². The van der Waals surface area contributed by atoms with Crippen molar-refractivity contribution in [2.24, 2.45) is 0 Å². The van der Waals surface area contributed by atoms with Crippen molar-refractivity contribution in [3.8, 4) is 0 Å². The molecule has 0 spiro atoms. The third kappa shape index (κ3) is 4.45. The summed E-state index contributed by atoms with van der Waals surface area (Å²) < 4.78 is 1.54. The molecule has 1 aliphatic heterocycles. The molecular weight excluding hydrogens is 272 g/mol. The fourth-order valence-electron chi connectivity index (χ4n) is 2.32. The van der Waals surface area contributed by atoms with Crippen LogP contribution in [0.5, 0.6) is 0 Å². The number of piperazine rings is 1. The molecule has 2 amide bonds. The highest BCUT2D eigenvalue weighted by molar-refractivity contribution is 5.78. The molecule has 8 heteroatoms. The number of anilines is 1. The van der Waals surface area contributed by atoms with Gasteiger partial charge in [0.1, 0.15) is 12.4 Å². The number of carbonyl (C=O) groups is 2. The molecule has 0 atom stereocenters. The monoisotopic (exact) mass is 294 g/mol. The first kappa shape index (κ1) is 15.3. The van der Waals surface area contributed by atoms with Crippen molar-refractivity contribution in [1.29, 1.82) is 0 Å². The number of amides is 2. The first-order chi connectivity index (χ1) is 10.1. The predicted molar refractivity (Wildman–Crippen MR) is 78.3 cm³/mol. The van der Waals surface area contributed by atoms with Crippen LogP contribution in [0.4, 0.5) is 5.82 Å². The number of nitrogens with one attached hydrogen (secondary N) is 1. The molecule has 0 bridgehead atoms. The van der Waals surface area contributed by atoms with E-state index in [2.05, 4.69) is 15.3 Å². The summed E-state index contributed by atoms with van der Waals surface area (Å²) in [7, 11) is 0. The molecule has 1 aromatic rings. The van der Waals surface area contributed by atoms with E-state index < -0.39 is 0 Å². The van der Waals surface area contributed by atoms with Gasteiger partial charge in [-0.1, -0.05) is 0 Å². The molecule has 0 radical (unpaired) electrons. The number of nitrogens with zero attached hydrogens (tertiary/aromatic N) is 4. The molecule has 0 saturated carbocycles. The van der Waals surface area contributed by atoms with Crippen molar-refractivity contribution < 1.29 is 9.59 Å². The quantitative estimate of drug-likeness (QED) is 0.707. The van der Waals surface area contributed by atoms with E-state index in [1.54, 1.807) is 21.8 Å². The van der Waals surface area contributed by atoms with Gasteiger partial charge in [0, 0.05) is 38.9 Å². The van der Waals surface area contributed by atoms with Crippen LogP contribution in [0.3, 0.4) is 0 Å². The molecule has 3 N–H and O–H groups in total. The summed E-state index contributed by atoms with van der Waals surface area (Å²) in [6.45, 7) is 5.83. The fraction of sp³-hybridized carbons (Fsp3) is 0.615. The molecule has 116 valence electrons. The molecule has 0 unspecified atom stereocenters. The van der Waals surface area contributed by atoms with Crippen LogP contribution in [-0.2, 0) is 16.1 Å². The summed E-state index contributed by atoms with van der Waals surface area (Å²) in [5.41, 5.74) is 5.52. The third-order valence-electron chi connectivity index (χ3n) is 3.42. The summed E-state index contributed by atoms with van der Waals surface area (Å²) in [4.78, 5) is 27.5. The molecule has 2 rings (SSSR count). The number of rotatable bonds is 5. The fourth-order valence-corrected chi connectivity index (χ4v) is 2.32. The van der Waals surface area contributed by atoms with Crippen LogP contribution in [0.15, 0.2) is 12.3 Å². The Morgan fingerprint density at radius 3 is 2.57 bits per heavy atom. The van der Waals surface area contributed by atoms with Crippen molar-refractivity contribution in [3.63, 3.8) is 0 Å². The summed E-state index contributed by atoms with van der Waals surface area (Å²) in [6, 6.07) is 1.66. The molecule has 1 fully saturated rings. The Labute approximate surface area is 123 Å². The molecule has 21 heavy (non-hydrogen) atoms. The second-order valence-electron chi connectivity index (χ2n) is 5.05. The molecule has 2 heterocycles. The minimum Gasteiger partial charge on any atom is -0.382 e. The Morgan fingerprint density at radius 2 is 2.00 bits per heavy atom. The maximum Gasteiger partial charge on any atom is 0.244 e. The van der Waals surface area contributed by atoms with Gasteiger partial charge in [-0.25, -0.2) is 0 Å². The van der Waals surface area contributed by atoms with Gasteiger partial charge in [-0.15, -0.1) is 0 Å². The minimum atomic E-state index is 0.0239. The zero-order valence-corrected chi connectivity index (χ0v) is 12.3. The highest BCUT2D eigenvalue weighted by Gasteiger charge is 2.22. The van der Waals surface area contributed by atoms with Crippen LogP contribution < -0.4 is 11.1 Å². The van der Waals surface area contributed by atoms with Gasteiger partial charge in [0.25, 0.3) is 0 Å². The van der Waals surface area contributed by atoms with E-state index >= 15 is 0 Å². The van der Waals surface area contributed by atoms with Crippen LogP contribution in [0.1, 0.15) is 6.92 Å². The van der Waals surface area contributed by atoms with Gasteiger partial charge >= 0.3 is 0 Å². The van der Waals surface area contributed by atoms with Crippen LogP contribution in [0.2, 0.25) is 0 Å². The number of hydrogen-bond donors (Lipinski definition) is 2. The van der Waals surface area contributed by atoms with Crippen LogP contribution in [0.25, 0.3) is 0 Å². The average Bonchev–Trinajstić information content (AvgIpc) is 2.85. The number of aromatic nitrogens is 2. The Balaban J connectivity index is 1.75. The number of hydrogen-bond acceptors (Lipinski definition) is 5. The average molecular weight is 294 g/mol. The topological polar surface area (TPSA) is 96.5 Å². The Hall–Kier alpha value is -2.09. The van der Waals surface area contributed by atoms with E-state index in [9.17, 15) is 9.59 Å². The van der Waals surface area contributed by atoms with Gasteiger partial charge in [-0.3, -0.25) is 19.2 Å². The summed E-state index contributed by atoms with van der Waals surface area (Å²) in [5.74, 6) is 0.467. The molecule has 1 aromatic heterocycles. The Kier molecular flexibility index (Phi) is 5.15. The van der Waals surface area contributed by atoms with E-state index in [1.165, 1.54) is 0 Å². The normalized spacial score (nSPS) is 16.0. The van der Waals surface area contributed by atoms with Crippen molar-refractivity contribution >= 4 is 17.6 Å². The zero-order chi connectivity index (χ0) is 15.2. The van der Waals surface area contributed by atoms with E-state index in [0.717, 1.165) is 0 Å². The van der Waals surface area contributed by atoms with E-state index in [1.807, 2.05) is 6.92 Å². The molecule has 1 aliphatic rings. The lowest BCUT2D eigenvalue weighted by Crippen LogP contribution is -2.51. The lowest BCUT2D eigenvalue weighted by Gasteiger charge is -2.34. The van der Waals surface area contributed by atoms with Gasteiger partial charge in [0.15, 0.2) is 0 Å². The highest BCUT2D eigenvalue weighted by Crippen LogP contribution is 2.04. The van der Waals surface area contributed by atoms with Gasteiger partial charge in [-0.2, -0.15) is 5.10 Å². The van der Waals surface area contributed by atoms with Crippen molar-refractivity contribution in [3.05, 3.63) is 12.3 Å². The first-order valence-electron chi connectivity index (χ1n) is 7.14. The van der Waals surface area contributed by atoms with E-state index in [0.29, 0.717) is 45.1 Å². The predicted octanol–water partition coefficient (Wildman–Crippen LogP) is -1.25. The number of nitrogens with two attached hydrogens (primary N) is 1. The summed E-state index contributed by atoms with van der Waals surface area (Å²) >= 11 is 0. The van der Waals surface area contributed by atoms with Gasteiger partial charge in [-0.05, 0) is 13.0 Å². The maximum atomic E-state index is 12.1. The SMILES string of the molecule is CCNC(=O)CN1CCN(C(=O)Cn2ccc(N)n2)CC1. The van der Waals surface area contributed by atoms with Crippen LogP contribution >= 0.6 is 0 Å². The standard InChI is InChI=1S/C13H22N6O2/c1-2-15-12(20)9-17-5-7-18(8-6-17)13(21)10-19-4-3-11(14)16-19/h3-4H,2,5-10H2,1H3,(H2,14,16)(H,15,20). The summed E-state index contributed by atoms with van der Waals surface area (Å²) in [6.07, 6.45) is 1.69. The van der Waals surface area contributed by atoms with Gasteiger partial charge in [0.2, 0.25) is 11.8 Å². The summed E-state index contributed by atoms with van der Waals surface area (Å²) in [5, 5.41) is 6.78. The van der Waals surface area contributed by atoms with E-state index in [-0.39, 0.29) is 18.4 Å². The largest absolute Gasteiger partial charge is 0.382 e. The lowest BCUT2D eigenvalue weighted by molar-refractivity contribution is -0.134. The second-order valence-corrected chi connectivity index (χ2v) is 5.05. The first-order valence-corrected chi connectivity index (χ1v) is 7.14. The third-order valence-corrected chi connectivity index (χ3v) is 3.42. The lowest BCUT2D eigenvalue weighted by atomic mass is 10.3. The van der Waals surface area contributed by atoms with E-state index in [4.69, 9.17) is 5.73 Å². The molecule has 0 aromatic carbocycles. The number of nitrogen functional groups attached to an aromatic ring is 1. The molecule has 1 saturated heterocycles. The molecule has 0 aliphatic carbocycles. The van der Waals surface area contributed by atoms with Crippen molar-refractivity contribution in [2.75, 3.05) is 45.0 Å². The van der Waals surface area contributed by atoms with Gasteiger partial charge in [0.05, 0.1) is 6.54 Å². The second kappa shape index (κ2) is 7.07. The van der Waals surface area contributed by atoms with Crippen LogP contribution in [0, 0.1) is 0 Å². The maximum absolute atomic E-state index is 12.1.